The Labute approximate surface area is 160 Å². The molecule has 134 valence electrons. The topological polar surface area (TPSA) is 58.6 Å². The van der Waals surface area contributed by atoms with Crippen molar-refractivity contribution >= 4 is 27.9 Å². The molecule has 0 bridgehead atoms. The highest BCUT2D eigenvalue weighted by Gasteiger charge is 2.56. The highest BCUT2D eigenvalue weighted by Crippen LogP contribution is 2.38. The summed E-state index contributed by atoms with van der Waals surface area (Å²) in [5, 5.41) is 2.95. The second-order valence-corrected chi connectivity index (χ2v) is 7.62. The van der Waals surface area contributed by atoms with Gasteiger partial charge in [0.2, 0.25) is 0 Å². The quantitative estimate of drug-likeness (QED) is 0.831. The molecule has 6 heteroatoms. The lowest BCUT2D eigenvalue weighted by Gasteiger charge is -2.37. The van der Waals surface area contributed by atoms with Crippen molar-refractivity contribution < 1.29 is 14.3 Å². The summed E-state index contributed by atoms with van der Waals surface area (Å²) in [6.45, 7) is 0.601. The third-order valence-electron chi connectivity index (χ3n) is 5.12. The number of nitrogens with one attached hydrogen (secondary N) is 1. The zero-order valence-electron chi connectivity index (χ0n) is 14.2. The Morgan fingerprint density at radius 2 is 1.92 bits per heavy atom. The van der Waals surface area contributed by atoms with E-state index >= 15 is 0 Å². The summed E-state index contributed by atoms with van der Waals surface area (Å²) >= 11 is 3.39. The maximum absolute atomic E-state index is 13.1. The van der Waals surface area contributed by atoms with Crippen LogP contribution in [-0.4, -0.2) is 35.2 Å². The standard InChI is InChI=1S/C20H19BrN2O3/c21-16-9-7-15(8-10-16)18(24)23-12-4-11-20(23)17(26-19(25)22-20)13-14-5-2-1-3-6-14/h1-3,5-10,17H,4,11-13H2,(H,22,25)/t17-,20-/m0/s1. The number of rotatable bonds is 3. The van der Waals surface area contributed by atoms with Crippen molar-refractivity contribution in [2.45, 2.75) is 31.0 Å². The molecule has 2 amide bonds. The molecule has 2 heterocycles. The lowest BCUT2D eigenvalue weighted by atomic mass is 9.94. The number of likely N-dealkylation sites (tertiary alicyclic amines) is 1. The van der Waals surface area contributed by atoms with Crippen molar-refractivity contribution in [3.05, 3.63) is 70.2 Å². The van der Waals surface area contributed by atoms with Crippen LogP contribution < -0.4 is 5.32 Å². The number of amides is 2. The Morgan fingerprint density at radius 1 is 1.19 bits per heavy atom. The van der Waals surface area contributed by atoms with Crippen LogP contribution >= 0.6 is 15.9 Å². The molecule has 0 saturated carbocycles. The molecule has 0 aliphatic carbocycles. The van der Waals surface area contributed by atoms with Gasteiger partial charge >= 0.3 is 6.09 Å². The molecule has 2 aromatic rings. The normalized spacial score (nSPS) is 24.6. The molecule has 1 N–H and O–H groups in total. The largest absolute Gasteiger partial charge is 0.441 e. The van der Waals surface area contributed by atoms with Gasteiger partial charge in [-0.2, -0.15) is 0 Å². The van der Waals surface area contributed by atoms with Crippen LogP contribution in [0.1, 0.15) is 28.8 Å². The van der Waals surface area contributed by atoms with Gasteiger partial charge in [-0.3, -0.25) is 10.1 Å². The molecule has 2 atom stereocenters. The average Bonchev–Trinajstić information content (AvgIpc) is 3.20. The second-order valence-electron chi connectivity index (χ2n) is 6.70. The SMILES string of the molecule is O=C1N[C@]2(CCCN2C(=O)c2ccc(Br)cc2)[C@H](Cc2ccccc2)O1. The molecule has 2 saturated heterocycles. The minimum atomic E-state index is -0.781. The fourth-order valence-corrected chi connectivity index (χ4v) is 4.15. The summed E-state index contributed by atoms with van der Waals surface area (Å²) in [7, 11) is 0. The van der Waals surface area contributed by atoms with Crippen LogP contribution in [0.3, 0.4) is 0 Å². The third-order valence-corrected chi connectivity index (χ3v) is 5.65. The molecule has 2 aliphatic rings. The molecule has 4 rings (SSSR count). The Kier molecular flexibility index (Phi) is 4.44. The minimum absolute atomic E-state index is 0.0844. The van der Waals surface area contributed by atoms with Gasteiger partial charge in [0.25, 0.3) is 5.91 Å². The van der Waals surface area contributed by atoms with E-state index in [4.69, 9.17) is 4.74 Å². The summed E-state index contributed by atoms with van der Waals surface area (Å²) in [5.74, 6) is -0.0844. The number of hydrogen-bond donors (Lipinski definition) is 1. The van der Waals surface area contributed by atoms with Gasteiger partial charge in [-0.1, -0.05) is 46.3 Å². The zero-order valence-corrected chi connectivity index (χ0v) is 15.7. The van der Waals surface area contributed by atoms with E-state index in [1.54, 1.807) is 17.0 Å². The van der Waals surface area contributed by atoms with Crippen LogP contribution in [0.5, 0.6) is 0 Å². The van der Waals surface area contributed by atoms with Gasteiger partial charge in [-0.15, -0.1) is 0 Å². The number of alkyl carbamates (subject to hydrolysis) is 1. The summed E-state index contributed by atoms with van der Waals surface area (Å²) in [6.07, 6.45) is 1.24. The first-order valence-corrected chi connectivity index (χ1v) is 9.48. The van der Waals surface area contributed by atoms with E-state index < -0.39 is 17.9 Å². The number of carbonyl (C=O) groups is 2. The van der Waals surface area contributed by atoms with Crippen molar-refractivity contribution in [2.24, 2.45) is 0 Å². The van der Waals surface area contributed by atoms with Gasteiger partial charge < -0.3 is 9.64 Å². The molecular weight excluding hydrogens is 396 g/mol. The number of hydrogen-bond acceptors (Lipinski definition) is 3. The number of carbonyl (C=O) groups excluding carboxylic acids is 2. The summed E-state index contributed by atoms with van der Waals surface area (Å²) < 4.78 is 6.51. The molecule has 0 aromatic heterocycles. The van der Waals surface area contributed by atoms with Crippen LogP contribution in [-0.2, 0) is 11.2 Å². The maximum atomic E-state index is 13.1. The Bertz CT molecular complexity index is 825. The van der Waals surface area contributed by atoms with Gasteiger partial charge in [0.15, 0.2) is 5.66 Å². The lowest BCUT2D eigenvalue weighted by Crippen LogP contribution is -2.60. The third kappa shape index (κ3) is 2.98. The molecule has 0 radical (unpaired) electrons. The Morgan fingerprint density at radius 3 is 2.65 bits per heavy atom. The molecule has 1 spiro atoms. The van der Waals surface area contributed by atoms with E-state index in [1.807, 2.05) is 42.5 Å². The predicted molar refractivity (Wildman–Crippen MR) is 101 cm³/mol. The monoisotopic (exact) mass is 414 g/mol. The number of benzene rings is 2. The van der Waals surface area contributed by atoms with E-state index in [0.717, 1.165) is 16.5 Å². The van der Waals surface area contributed by atoms with Gasteiger partial charge in [0.05, 0.1) is 0 Å². The minimum Gasteiger partial charge on any atom is -0.441 e. The molecule has 0 unspecified atom stereocenters. The van der Waals surface area contributed by atoms with Gasteiger partial charge in [0.1, 0.15) is 6.10 Å². The van der Waals surface area contributed by atoms with Crippen LogP contribution in [0.4, 0.5) is 4.79 Å². The lowest BCUT2D eigenvalue weighted by molar-refractivity contribution is 0.0245. The highest BCUT2D eigenvalue weighted by atomic mass is 79.9. The van der Waals surface area contributed by atoms with Crippen molar-refractivity contribution in [1.29, 1.82) is 0 Å². The molecule has 2 aliphatic heterocycles. The predicted octanol–water partition coefficient (Wildman–Crippen LogP) is 3.73. The van der Waals surface area contributed by atoms with Gasteiger partial charge in [-0.05, 0) is 42.7 Å². The van der Waals surface area contributed by atoms with Gasteiger partial charge in [-0.25, -0.2) is 4.79 Å². The number of cyclic esters (lactones) is 1. The van der Waals surface area contributed by atoms with Crippen molar-refractivity contribution in [2.75, 3.05) is 6.54 Å². The smallest absolute Gasteiger partial charge is 0.409 e. The highest BCUT2D eigenvalue weighted by molar-refractivity contribution is 9.10. The second kappa shape index (κ2) is 6.76. The van der Waals surface area contributed by atoms with Crippen molar-refractivity contribution in [3.63, 3.8) is 0 Å². The first-order chi connectivity index (χ1) is 12.6. The summed E-state index contributed by atoms with van der Waals surface area (Å²) in [6, 6.07) is 17.2. The first-order valence-electron chi connectivity index (χ1n) is 8.69. The molecule has 2 fully saturated rings. The van der Waals surface area contributed by atoms with Crippen LogP contribution in [0, 0.1) is 0 Å². The van der Waals surface area contributed by atoms with Gasteiger partial charge in [0, 0.05) is 23.0 Å². The van der Waals surface area contributed by atoms with E-state index in [9.17, 15) is 9.59 Å². The molecule has 2 aromatic carbocycles. The Balaban J connectivity index is 1.64. The first kappa shape index (κ1) is 17.1. The number of ether oxygens (including phenoxy) is 1. The molecule has 5 nitrogen and oxygen atoms in total. The average molecular weight is 415 g/mol. The fourth-order valence-electron chi connectivity index (χ4n) is 3.89. The van der Waals surface area contributed by atoms with Crippen LogP contribution in [0.2, 0.25) is 0 Å². The number of nitrogens with zero attached hydrogens (tertiary/aromatic N) is 1. The summed E-state index contributed by atoms with van der Waals surface area (Å²) in [5.41, 5.74) is 0.905. The van der Waals surface area contributed by atoms with Crippen LogP contribution in [0.25, 0.3) is 0 Å². The maximum Gasteiger partial charge on any atom is 0.409 e. The van der Waals surface area contributed by atoms with E-state index in [1.165, 1.54) is 0 Å². The Hall–Kier alpha value is -2.34. The molecular formula is C20H19BrN2O3. The number of halogens is 1. The van der Waals surface area contributed by atoms with Crippen molar-refractivity contribution in [1.82, 2.24) is 10.2 Å². The van der Waals surface area contributed by atoms with E-state index in [0.29, 0.717) is 24.9 Å². The zero-order chi connectivity index (χ0) is 18.1. The fraction of sp³-hybridized carbons (Fsp3) is 0.300. The summed E-state index contributed by atoms with van der Waals surface area (Å²) in [4.78, 5) is 27.0. The molecule has 26 heavy (non-hydrogen) atoms. The van der Waals surface area contributed by atoms with E-state index in [-0.39, 0.29) is 5.91 Å². The van der Waals surface area contributed by atoms with E-state index in [2.05, 4.69) is 21.2 Å². The van der Waals surface area contributed by atoms with Crippen molar-refractivity contribution in [3.8, 4) is 0 Å². The van der Waals surface area contributed by atoms with Crippen LogP contribution in [0.15, 0.2) is 59.1 Å².